The Morgan fingerprint density at radius 1 is 0.745 bits per heavy atom. The number of aromatic nitrogens is 2. The van der Waals surface area contributed by atoms with Crippen LogP contribution in [0.15, 0.2) is 91.3 Å². The molecule has 0 fully saturated rings. The van der Waals surface area contributed by atoms with Crippen LogP contribution in [0.4, 0.5) is 22.9 Å². The molecule has 3 aromatic carbocycles. The Bertz CT molecular complexity index is 1630. The zero-order valence-corrected chi connectivity index (χ0v) is 30.7. The van der Waals surface area contributed by atoms with E-state index in [4.69, 9.17) is 9.97 Å². The van der Waals surface area contributed by atoms with Crippen LogP contribution in [0.2, 0.25) is 0 Å². The van der Waals surface area contributed by atoms with Crippen molar-refractivity contribution in [1.29, 1.82) is 0 Å². The van der Waals surface area contributed by atoms with E-state index in [0.717, 1.165) is 35.7 Å². The van der Waals surface area contributed by atoms with Crippen LogP contribution in [0.5, 0.6) is 0 Å². The number of fused-ring (bicyclic) bond motifs is 6. The van der Waals surface area contributed by atoms with Gasteiger partial charge in [-0.25, -0.2) is 9.97 Å². The third-order valence-electron chi connectivity index (χ3n) is 9.96. The predicted molar refractivity (Wildman–Crippen MR) is 204 cm³/mol. The lowest BCUT2D eigenvalue weighted by molar-refractivity contribution is 0.339. The number of allylic oxidation sites excluding steroid dienone is 1. The highest BCUT2D eigenvalue weighted by atomic mass is 15.4. The fourth-order valence-electron chi connectivity index (χ4n) is 7.33. The third kappa shape index (κ3) is 6.68. The van der Waals surface area contributed by atoms with Crippen LogP contribution in [0.1, 0.15) is 104 Å². The van der Waals surface area contributed by atoms with Crippen LogP contribution in [-0.4, -0.2) is 29.2 Å². The molecule has 0 saturated heterocycles. The maximum Gasteiger partial charge on any atom is 0.162 e. The first-order valence-electron chi connectivity index (χ1n) is 17.9. The van der Waals surface area contributed by atoms with Crippen molar-refractivity contribution in [2.75, 3.05) is 21.7 Å². The van der Waals surface area contributed by atoms with Crippen molar-refractivity contribution < 1.29 is 0 Å². The quantitative estimate of drug-likeness (QED) is 0.224. The summed E-state index contributed by atoms with van der Waals surface area (Å²) in [6, 6.07) is 26.4. The van der Waals surface area contributed by atoms with Gasteiger partial charge in [-0.3, -0.25) is 0 Å². The molecule has 0 N–H and O–H groups in total. The number of nitrogens with zero attached hydrogens (tertiary/aromatic N) is 5. The summed E-state index contributed by atoms with van der Waals surface area (Å²) in [6.07, 6.45) is 8.97. The highest BCUT2D eigenvalue weighted by Crippen LogP contribution is 2.53. The minimum Gasteiger partial charge on any atom is -0.349 e. The molecule has 4 unspecified atom stereocenters. The summed E-state index contributed by atoms with van der Waals surface area (Å²) >= 11 is 0. The molecule has 3 aliphatic heterocycles. The van der Waals surface area contributed by atoms with Gasteiger partial charge >= 0.3 is 0 Å². The summed E-state index contributed by atoms with van der Waals surface area (Å²) in [6.45, 7) is 21.6. The summed E-state index contributed by atoms with van der Waals surface area (Å²) < 4.78 is 0. The first-order chi connectivity index (χ1) is 22.9. The molecule has 0 saturated carbocycles. The van der Waals surface area contributed by atoms with Gasteiger partial charge in [0.25, 0.3) is 0 Å². The number of anilines is 4. The molecule has 5 atom stereocenters. The molecule has 250 valence electrons. The Hall–Kier alpha value is -4.12. The maximum absolute atomic E-state index is 5.08. The smallest absolute Gasteiger partial charge is 0.162 e. The number of para-hydroxylation sites is 2. The maximum atomic E-state index is 5.08. The van der Waals surface area contributed by atoms with E-state index in [1.165, 1.54) is 28.1 Å². The number of benzene rings is 3. The molecule has 0 amide bonds. The van der Waals surface area contributed by atoms with Gasteiger partial charge in [0, 0.05) is 48.1 Å². The van der Waals surface area contributed by atoms with Crippen LogP contribution < -0.4 is 14.7 Å². The zero-order valence-electron chi connectivity index (χ0n) is 30.7. The zero-order chi connectivity index (χ0) is 34.2. The number of hydrogen-bond acceptors (Lipinski definition) is 5. The summed E-state index contributed by atoms with van der Waals surface area (Å²) in [4.78, 5) is 17.0. The SMILES string of the molecule is CC.CC.CC/C=C\N1c2ccccc2C(C)C1C.CCC1C2N(C)c3cnc(-c4ccccc4C)nc3N2c2ccccc2[C@H]1C. The van der Waals surface area contributed by atoms with Gasteiger partial charge in [-0.2, -0.15) is 0 Å². The number of aryl methyl sites for hydroxylation is 1. The van der Waals surface area contributed by atoms with Gasteiger partial charge in [-0.05, 0) is 61.4 Å². The van der Waals surface area contributed by atoms with Gasteiger partial charge in [0.05, 0.1) is 6.20 Å². The van der Waals surface area contributed by atoms with Crippen LogP contribution in [0.3, 0.4) is 0 Å². The average molecular weight is 632 g/mol. The van der Waals surface area contributed by atoms with Gasteiger partial charge in [0.1, 0.15) is 11.9 Å². The lowest BCUT2D eigenvalue weighted by Crippen LogP contribution is -2.49. The molecule has 5 heteroatoms. The predicted octanol–water partition coefficient (Wildman–Crippen LogP) is 11.5. The lowest BCUT2D eigenvalue weighted by Gasteiger charge is -2.44. The van der Waals surface area contributed by atoms with Gasteiger partial charge in [0.2, 0.25) is 0 Å². The molecule has 7 rings (SSSR count). The minimum atomic E-state index is 0.284. The van der Waals surface area contributed by atoms with Crippen LogP contribution in [0, 0.1) is 12.8 Å². The molecule has 0 radical (unpaired) electrons. The molecule has 0 aliphatic carbocycles. The molecule has 4 heterocycles. The first kappa shape index (κ1) is 35.7. The molecular formula is C42H57N5. The Morgan fingerprint density at radius 3 is 1.98 bits per heavy atom. The van der Waals surface area contributed by atoms with E-state index >= 15 is 0 Å². The molecule has 47 heavy (non-hydrogen) atoms. The van der Waals surface area contributed by atoms with E-state index in [1.54, 1.807) is 0 Å². The highest BCUT2D eigenvalue weighted by molar-refractivity contribution is 5.84. The van der Waals surface area contributed by atoms with E-state index in [-0.39, 0.29) is 6.17 Å². The molecule has 1 aromatic heterocycles. The van der Waals surface area contributed by atoms with E-state index in [0.29, 0.717) is 23.8 Å². The van der Waals surface area contributed by atoms with E-state index < -0.39 is 0 Å². The fraction of sp³-hybridized carbons (Fsp3) is 0.429. The Kier molecular flexibility index (Phi) is 12.3. The summed E-state index contributed by atoms with van der Waals surface area (Å²) in [5, 5.41) is 0. The van der Waals surface area contributed by atoms with Crippen molar-refractivity contribution in [3.05, 3.63) is 108 Å². The second kappa shape index (κ2) is 16.1. The summed E-state index contributed by atoms with van der Waals surface area (Å²) in [7, 11) is 2.18. The standard InChI is InChI=1S/C24H26N4.C14H19N.2C2H6/c1-5-17-16(3)19-12-8-9-13-20(19)28-23-21(27(4)24(17)28)14-25-22(26-23)18-11-7-6-10-15(18)2;1-4-5-10-15-12(3)11(2)13-8-6-7-9-14(13)15;2*1-2/h6-14,16-17,24H,5H2,1-4H3;5-12H,4H2,1-3H3;2*1-2H3/b;10-5-;;/t16-,17?,24?;;;/m0.../s1. The Balaban J connectivity index is 0.000000223. The van der Waals surface area contributed by atoms with Gasteiger partial charge < -0.3 is 14.7 Å². The van der Waals surface area contributed by atoms with Crippen molar-refractivity contribution in [3.63, 3.8) is 0 Å². The largest absolute Gasteiger partial charge is 0.349 e. The molecule has 4 aromatic rings. The van der Waals surface area contributed by atoms with Crippen LogP contribution in [0.25, 0.3) is 11.4 Å². The average Bonchev–Trinajstić information content (AvgIpc) is 3.55. The molecule has 0 bridgehead atoms. The topological polar surface area (TPSA) is 35.5 Å². The van der Waals surface area contributed by atoms with Gasteiger partial charge in [-0.1, -0.05) is 122 Å². The van der Waals surface area contributed by atoms with E-state index in [2.05, 4.69) is 148 Å². The van der Waals surface area contributed by atoms with Gasteiger partial charge in [-0.15, -0.1) is 0 Å². The molecule has 3 aliphatic rings. The van der Waals surface area contributed by atoms with E-state index in [1.807, 2.05) is 33.9 Å². The third-order valence-corrected chi connectivity index (χ3v) is 9.96. The second-order valence-corrected chi connectivity index (χ2v) is 12.3. The second-order valence-electron chi connectivity index (χ2n) is 12.3. The van der Waals surface area contributed by atoms with Crippen molar-refractivity contribution in [2.24, 2.45) is 5.92 Å². The minimum absolute atomic E-state index is 0.284. The summed E-state index contributed by atoms with van der Waals surface area (Å²) in [5.41, 5.74) is 8.97. The van der Waals surface area contributed by atoms with E-state index in [9.17, 15) is 0 Å². The molecule has 5 nitrogen and oxygen atoms in total. The van der Waals surface area contributed by atoms with Crippen molar-refractivity contribution in [2.45, 2.75) is 106 Å². The van der Waals surface area contributed by atoms with Crippen LogP contribution >= 0.6 is 0 Å². The van der Waals surface area contributed by atoms with Crippen LogP contribution in [-0.2, 0) is 0 Å². The lowest BCUT2D eigenvalue weighted by atomic mass is 9.79. The number of hydrogen-bond donors (Lipinski definition) is 0. The Labute approximate surface area is 285 Å². The molecular weight excluding hydrogens is 574 g/mol. The molecule has 0 spiro atoms. The van der Waals surface area contributed by atoms with Gasteiger partial charge in [0.15, 0.2) is 11.6 Å². The summed E-state index contributed by atoms with van der Waals surface area (Å²) in [5.74, 6) is 3.51. The fourth-order valence-corrected chi connectivity index (χ4v) is 7.33. The Morgan fingerprint density at radius 2 is 1.34 bits per heavy atom. The van der Waals surface area contributed by atoms with Crippen molar-refractivity contribution >= 4 is 22.9 Å². The number of rotatable bonds is 4. The first-order valence-corrected chi connectivity index (χ1v) is 17.9. The van der Waals surface area contributed by atoms with Crippen molar-refractivity contribution in [1.82, 2.24) is 9.97 Å². The van der Waals surface area contributed by atoms with Crippen molar-refractivity contribution in [3.8, 4) is 11.4 Å². The highest BCUT2D eigenvalue weighted by Gasteiger charge is 2.47. The monoisotopic (exact) mass is 631 g/mol. The normalized spacial score (nSPS) is 21.7.